The Kier molecular flexibility index (Phi) is 6.02. The predicted molar refractivity (Wildman–Crippen MR) is 129 cm³/mol. The van der Waals surface area contributed by atoms with E-state index in [1.165, 1.54) is 11.8 Å². The van der Waals surface area contributed by atoms with Crippen molar-refractivity contribution < 1.29 is 4.79 Å². The maximum absolute atomic E-state index is 13.2. The summed E-state index contributed by atoms with van der Waals surface area (Å²) in [5.74, 6) is -0.0577. The van der Waals surface area contributed by atoms with Crippen LogP contribution in [0.4, 0.5) is 5.69 Å². The van der Waals surface area contributed by atoms with Gasteiger partial charge in [0.15, 0.2) is 5.16 Å². The quantitative estimate of drug-likeness (QED) is 0.296. The molecular weight excluding hydrogens is 476 g/mol. The zero-order chi connectivity index (χ0) is 22.1. The summed E-state index contributed by atoms with van der Waals surface area (Å²) in [6.45, 7) is 5.86. The Morgan fingerprint density at radius 1 is 1.10 bits per heavy atom. The number of carbonyl (C=O) groups is 1. The number of fused-ring (bicyclic) bond motifs is 1. The number of H-pyrrole nitrogens is 1. The van der Waals surface area contributed by atoms with E-state index >= 15 is 0 Å². The van der Waals surface area contributed by atoms with Gasteiger partial charge in [0.1, 0.15) is 5.52 Å². The number of nitrogens with one attached hydrogen (secondary N) is 2. The molecule has 0 saturated heterocycles. The molecule has 2 N–H and O–H groups in total. The summed E-state index contributed by atoms with van der Waals surface area (Å²) in [4.78, 5) is 33.6. The lowest BCUT2D eigenvalue weighted by Gasteiger charge is -2.13. The Bertz CT molecular complexity index is 1340. The van der Waals surface area contributed by atoms with Gasteiger partial charge in [-0.2, -0.15) is 0 Å². The molecule has 1 amide bonds. The minimum atomic E-state index is -0.189. The van der Waals surface area contributed by atoms with E-state index in [9.17, 15) is 9.59 Å². The average molecular weight is 497 g/mol. The average Bonchev–Trinajstić information content (AvgIpc) is 3.10. The van der Waals surface area contributed by atoms with Gasteiger partial charge in [-0.1, -0.05) is 35.5 Å². The molecule has 0 spiro atoms. The van der Waals surface area contributed by atoms with Crippen molar-refractivity contribution in [1.82, 2.24) is 14.5 Å². The maximum Gasteiger partial charge on any atom is 0.283 e. The van der Waals surface area contributed by atoms with Gasteiger partial charge in [0.2, 0.25) is 5.91 Å². The summed E-state index contributed by atoms with van der Waals surface area (Å²) in [6, 6.07) is 15.2. The van der Waals surface area contributed by atoms with E-state index in [2.05, 4.69) is 31.2 Å². The number of thioether (sulfide) groups is 1. The van der Waals surface area contributed by atoms with Crippen LogP contribution in [-0.2, 0) is 4.79 Å². The molecular formula is C23H21BrN4O2S. The monoisotopic (exact) mass is 496 g/mol. The number of aryl methyl sites for hydroxylation is 3. The molecule has 4 aromatic rings. The topological polar surface area (TPSA) is 79.8 Å². The minimum absolute atomic E-state index is 0.119. The molecule has 0 aliphatic carbocycles. The molecule has 4 rings (SSSR count). The van der Waals surface area contributed by atoms with Gasteiger partial charge in [0.05, 0.1) is 22.6 Å². The number of rotatable bonds is 5. The van der Waals surface area contributed by atoms with E-state index in [1.54, 1.807) is 4.57 Å². The molecule has 0 radical (unpaired) electrons. The van der Waals surface area contributed by atoms with Crippen molar-refractivity contribution in [1.29, 1.82) is 0 Å². The smallest absolute Gasteiger partial charge is 0.283 e. The molecule has 0 unspecified atom stereocenters. The summed E-state index contributed by atoms with van der Waals surface area (Å²) in [6.07, 6.45) is 0. The SMILES string of the molecule is Cc1ccc(-n2c(SCC(=O)Nc3ccc(C)cc3Br)nc3cc(C)[nH]c3c2=O)cc1. The second kappa shape index (κ2) is 8.72. The largest absolute Gasteiger partial charge is 0.353 e. The van der Waals surface area contributed by atoms with Crippen LogP contribution >= 0.6 is 27.7 Å². The molecule has 6 nitrogen and oxygen atoms in total. The molecule has 2 aromatic heterocycles. The number of aromatic nitrogens is 3. The highest BCUT2D eigenvalue weighted by Crippen LogP contribution is 2.25. The van der Waals surface area contributed by atoms with Gasteiger partial charge >= 0.3 is 0 Å². The highest BCUT2D eigenvalue weighted by Gasteiger charge is 2.16. The molecule has 0 atom stereocenters. The second-order valence-electron chi connectivity index (χ2n) is 7.40. The van der Waals surface area contributed by atoms with Crippen LogP contribution in [0.2, 0.25) is 0 Å². The van der Waals surface area contributed by atoms with Crippen LogP contribution in [-0.4, -0.2) is 26.2 Å². The van der Waals surface area contributed by atoms with Gasteiger partial charge < -0.3 is 10.3 Å². The zero-order valence-corrected chi connectivity index (χ0v) is 19.7. The van der Waals surface area contributed by atoms with Crippen molar-refractivity contribution in [2.24, 2.45) is 0 Å². The summed E-state index contributed by atoms with van der Waals surface area (Å²) >= 11 is 4.71. The normalized spacial score (nSPS) is 11.1. The highest BCUT2D eigenvalue weighted by molar-refractivity contribution is 9.10. The van der Waals surface area contributed by atoms with Gasteiger partial charge in [-0.15, -0.1) is 0 Å². The first-order valence-electron chi connectivity index (χ1n) is 9.70. The number of anilines is 1. The van der Waals surface area contributed by atoms with Crippen molar-refractivity contribution in [3.8, 4) is 5.69 Å². The van der Waals surface area contributed by atoms with E-state index < -0.39 is 0 Å². The first-order chi connectivity index (χ1) is 14.8. The predicted octanol–water partition coefficient (Wildman–Crippen LogP) is 5.13. The Morgan fingerprint density at radius 3 is 2.52 bits per heavy atom. The van der Waals surface area contributed by atoms with Crippen LogP contribution in [0.25, 0.3) is 16.7 Å². The van der Waals surface area contributed by atoms with Crippen LogP contribution in [0, 0.1) is 20.8 Å². The Labute approximate surface area is 192 Å². The summed E-state index contributed by atoms with van der Waals surface area (Å²) in [7, 11) is 0. The molecule has 2 aromatic carbocycles. The maximum atomic E-state index is 13.2. The molecule has 8 heteroatoms. The zero-order valence-electron chi connectivity index (χ0n) is 17.3. The van der Waals surface area contributed by atoms with Crippen LogP contribution in [0.1, 0.15) is 16.8 Å². The van der Waals surface area contributed by atoms with Crippen LogP contribution in [0.15, 0.2) is 63.0 Å². The number of nitrogens with zero attached hydrogens (tertiary/aromatic N) is 2. The van der Waals surface area contributed by atoms with E-state index in [1.807, 2.05) is 69.3 Å². The lowest BCUT2D eigenvalue weighted by molar-refractivity contribution is -0.113. The summed E-state index contributed by atoms with van der Waals surface area (Å²) in [5.41, 5.74) is 5.33. The Balaban J connectivity index is 1.66. The minimum Gasteiger partial charge on any atom is -0.353 e. The fraction of sp³-hybridized carbons (Fsp3) is 0.174. The van der Waals surface area contributed by atoms with E-state index in [0.29, 0.717) is 27.6 Å². The first-order valence-corrected chi connectivity index (χ1v) is 11.5. The van der Waals surface area contributed by atoms with Crippen molar-refractivity contribution in [3.63, 3.8) is 0 Å². The van der Waals surface area contributed by atoms with Gasteiger partial charge in [-0.3, -0.25) is 14.2 Å². The second-order valence-corrected chi connectivity index (χ2v) is 9.20. The lowest BCUT2D eigenvalue weighted by atomic mass is 10.2. The Morgan fingerprint density at radius 2 is 1.81 bits per heavy atom. The van der Waals surface area contributed by atoms with Crippen molar-refractivity contribution in [2.75, 3.05) is 11.1 Å². The van der Waals surface area contributed by atoms with E-state index in [0.717, 1.165) is 21.3 Å². The van der Waals surface area contributed by atoms with Crippen LogP contribution in [0.5, 0.6) is 0 Å². The number of halogens is 1. The number of benzene rings is 2. The lowest BCUT2D eigenvalue weighted by Crippen LogP contribution is -2.23. The van der Waals surface area contributed by atoms with Gasteiger partial charge in [-0.25, -0.2) is 4.98 Å². The molecule has 158 valence electrons. The summed E-state index contributed by atoms with van der Waals surface area (Å²) in [5, 5.41) is 3.37. The molecule has 2 heterocycles. The molecule has 0 aliphatic heterocycles. The van der Waals surface area contributed by atoms with Crippen molar-refractivity contribution >= 4 is 50.3 Å². The van der Waals surface area contributed by atoms with Gasteiger partial charge in [-0.05, 0) is 72.6 Å². The third kappa shape index (κ3) is 4.60. The molecule has 0 aliphatic rings. The third-order valence-corrected chi connectivity index (χ3v) is 6.37. The van der Waals surface area contributed by atoms with Crippen molar-refractivity contribution in [3.05, 3.63) is 80.2 Å². The number of amides is 1. The molecule has 31 heavy (non-hydrogen) atoms. The highest BCUT2D eigenvalue weighted by atomic mass is 79.9. The van der Waals surface area contributed by atoms with E-state index in [4.69, 9.17) is 0 Å². The van der Waals surface area contributed by atoms with E-state index in [-0.39, 0.29) is 17.2 Å². The number of aromatic amines is 1. The van der Waals surface area contributed by atoms with Crippen molar-refractivity contribution in [2.45, 2.75) is 25.9 Å². The van der Waals surface area contributed by atoms with Gasteiger partial charge in [0.25, 0.3) is 5.56 Å². The first kappa shape index (κ1) is 21.4. The van der Waals surface area contributed by atoms with Crippen LogP contribution in [0.3, 0.4) is 0 Å². The molecule has 0 fully saturated rings. The van der Waals surface area contributed by atoms with Crippen LogP contribution < -0.4 is 10.9 Å². The standard InChI is InChI=1S/C23H21BrN4O2S/c1-13-4-7-16(8-5-13)28-22(30)21-19(11-15(3)25-21)27-23(28)31-12-20(29)26-18-9-6-14(2)10-17(18)24/h4-11,25H,12H2,1-3H3,(H,26,29). The fourth-order valence-electron chi connectivity index (χ4n) is 3.23. The molecule has 0 saturated carbocycles. The fourth-order valence-corrected chi connectivity index (χ4v) is 4.64. The number of hydrogen-bond acceptors (Lipinski definition) is 4. The van der Waals surface area contributed by atoms with Gasteiger partial charge in [0, 0.05) is 10.2 Å². The number of hydrogen-bond donors (Lipinski definition) is 2. The Hall–Kier alpha value is -2.84. The third-order valence-electron chi connectivity index (χ3n) is 4.78. The number of carbonyl (C=O) groups excluding carboxylic acids is 1. The molecule has 0 bridgehead atoms. The summed E-state index contributed by atoms with van der Waals surface area (Å²) < 4.78 is 2.38.